The number of halogens is 3. The van der Waals surface area contributed by atoms with Crippen molar-refractivity contribution in [1.29, 1.82) is 0 Å². The number of aromatic nitrogens is 2. The SMILES string of the molecule is CCS(=O)(=O)N1CCC([C@@H](C)n2c(C)c(C(=O)CCc3c(OCC(F)(F)F)cc(C)[nH]c3=O)c3ccccc32)CC1. The average Bonchev–Trinajstić information content (AvgIpc) is 3.22. The first-order valence-electron chi connectivity index (χ1n) is 13.8. The summed E-state index contributed by atoms with van der Waals surface area (Å²) in [5, 5.41) is 0.763. The molecular weight excluding hydrogens is 559 g/mol. The molecule has 41 heavy (non-hydrogen) atoms. The number of carbonyl (C=O) groups is 1. The summed E-state index contributed by atoms with van der Waals surface area (Å²) in [5.41, 5.74) is 1.93. The molecule has 1 saturated heterocycles. The summed E-state index contributed by atoms with van der Waals surface area (Å²) in [4.78, 5) is 28.8. The lowest BCUT2D eigenvalue weighted by atomic mass is 9.91. The standard InChI is InChI=1S/C29H36F3N3O5S/c1-5-41(38,39)34-14-12-21(13-15-34)19(3)35-20(4)27(22-8-6-7-9-24(22)35)25(36)11-10-23-26(40-17-29(30,31)32)16-18(2)33-28(23)37/h6-9,16,19,21H,5,10-15,17H2,1-4H3,(H,33,37)/t19-/m1/s1. The fourth-order valence-corrected chi connectivity index (χ4v) is 7.00. The van der Waals surface area contributed by atoms with Crippen molar-refractivity contribution in [2.24, 2.45) is 5.92 Å². The summed E-state index contributed by atoms with van der Waals surface area (Å²) in [7, 11) is -3.24. The van der Waals surface area contributed by atoms with Crippen molar-refractivity contribution < 1.29 is 31.1 Å². The molecule has 224 valence electrons. The zero-order valence-electron chi connectivity index (χ0n) is 23.7. The van der Waals surface area contributed by atoms with Crippen molar-refractivity contribution in [2.45, 2.75) is 65.6 Å². The maximum Gasteiger partial charge on any atom is 0.422 e. The van der Waals surface area contributed by atoms with Crippen molar-refractivity contribution in [3.05, 3.63) is 63.2 Å². The molecule has 1 aromatic carbocycles. The number of alkyl halides is 3. The van der Waals surface area contributed by atoms with Crippen molar-refractivity contribution in [2.75, 3.05) is 25.4 Å². The number of para-hydroxylation sites is 1. The molecule has 0 bridgehead atoms. The topological polar surface area (TPSA) is 101 Å². The third-order valence-electron chi connectivity index (χ3n) is 8.00. The number of sulfonamides is 1. The predicted molar refractivity (Wildman–Crippen MR) is 151 cm³/mol. The number of ether oxygens (including phenoxy) is 1. The number of carbonyl (C=O) groups excluding carboxylic acids is 1. The van der Waals surface area contributed by atoms with E-state index in [-0.39, 0.29) is 47.7 Å². The molecule has 0 aliphatic carbocycles. The van der Waals surface area contributed by atoms with E-state index in [1.807, 2.05) is 31.2 Å². The van der Waals surface area contributed by atoms with Crippen LogP contribution in [0.1, 0.15) is 66.5 Å². The second-order valence-electron chi connectivity index (χ2n) is 10.7. The van der Waals surface area contributed by atoms with Crippen molar-refractivity contribution >= 4 is 26.7 Å². The highest BCUT2D eigenvalue weighted by atomic mass is 32.2. The summed E-state index contributed by atoms with van der Waals surface area (Å²) >= 11 is 0. The Balaban J connectivity index is 1.59. The maximum atomic E-state index is 13.6. The number of nitrogens with zero attached hydrogens (tertiary/aromatic N) is 2. The molecule has 1 N–H and O–H groups in total. The molecule has 0 spiro atoms. The molecule has 1 aliphatic heterocycles. The number of aromatic amines is 1. The van der Waals surface area contributed by atoms with Gasteiger partial charge in [-0.1, -0.05) is 18.2 Å². The number of Topliss-reactive ketones (excluding diaryl/α,β-unsaturated/α-hetero) is 1. The van der Waals surface area contributed by atoms with Crippen LogP contribution in [0.5, 0.6) is 5.75 Å². The molecule has 8 nitrogen and oxygen atoms in total. The van der Waals surface area contributed by atoms with E-state index in [2.05, 4.69) is 16.5 Å². The third kappa shape index (κ3) is 6.69. The number of benzene rings is 1. The van der Waals surface area contributed by atoms with E-state index < -0.39 is 28.4 Å². The lowest BCUT2D eigenvalue weighted by Crippen LogP contribution is -2.40. The summed E-state index contributed by atoms with van der Waals surface area (Å²) in [6.45, 7) is 6.52. The second kappa shape index (κ2) is 12.0. The van der Waals surface area contributed by atoms with E-state index >= 15 is 0 Å². The van der Waals surface area contributed by atoms with Gasteiger partial charge in [0.15, 0.2) is 12.4 Å². The van der Waals surface area contributed by atoms with Crippen molar-refractivity contribution in [1.82, 2.24) is 13.9 Å². The Morgan fingerprint density at radius 3 is 2.46 bits per heavy atom. The number of piperidine rings is 1. The summed E-state index contributed by atoms with van der Waals surface area (Å²) in [6.07, 6.45) is -3.34. The van der Waals surface area contributed by atoms with Crippen LogP contribution in [0.15, 0.2) is 35.1 Å². The Morgan fingerprint density at radius 2 is 1.83 bits per heavy atom. The zero-order chi connectivity index (χ0) is 30.1. The van der Waals surface area contributed by atoms with Crippen LogP contribution >= 0.6 is 0 Å². The van der Waals surface area contributed by atoms with E-state index in [4.69, 9.17) is 4.74 Å². The van der Waals surface area contributed by atoms with Gasteiger partial charge in [0.05, 0.1) is 11.3 Å². The van der Waals surface area contributed by atoms with Crippen LogP contribution in [-0.2, 0) is 16.4 Å². The monoisotopic (exact) mass is 595 g/mol. The second-order valence-corrected chi connectivity index (χ2v) is 12.9. The van der Waals surface area contributed by atoms with Gasteiger partial charge in [0, 0.05) is 53.4 Å². The minimum Gasteiger partial charge on any atom is -0.484 e. The van der Waals surface area contributed by atoms with Crippen LogP contribution in [0, 0.1) is 19.8 Å². The molecule has 4 rings (SSSR count). The minimum absolute atomic E-state index is 0.00301. The first-order chi connectivity index (χ1) is 19.2. The molecule has 3 heterocycles. The van der Waals surface area contributed by atoms with Gasteiger partial charge in [0.2, 0.25) is 10.0 Å². The molecule has 3 aromatic rings. The highest BCUT2D eigenvalue weighted by Gasteiger charge is 2.32. The number of ketones is 1. The van der Waals surface area contributed by atoms with E-state index in [1.54, 1.807) is 18.2 Å². The number of pyridine rings is 1. The van der Waals surface area contributed by atoms with Gasteiger partial charge in [0.25, 0.3) is 5.56 Å². The molecule has 0 amide bonds. The quantitative estimate of drug-likeness (QED) is 0.320. The summed E-state index contributed by atoms with van der Waals surface area (Å²) in [6, 6.07) is 8.88. The highest BCUT2D eigenvalue weighted by molar-refractivity contribution is 7.89. The van der Waals surface area contributed by atoms with Crippen LogP contribution < -0.4 is 10.3 Å². The van der Waals surface area contributed by atoms with Crippen LogP contribution in [0.3, 0.4) is 0 Å². The van der Waals surface area contributed by atoms with Crippen LogP contribution in [-0.4, -0.2) is 59.7 Å². The van der Waals surface area contributed by atoms with Crippen LogP contribution in [0.2, 0.25) is 0 Å². The number of H-pyrrole nitrogens is 1. The largest absolute Gasteiger partial charge is 0.484 e. The summed E-state index contributed by atoms with van der Waals surface area (Å²) in [5.74, 6) is -0.129. The Bertz CT molecular complexity index is 1590. The van der Waals surface area contributed by atoms with Gasteiger partial charge in [0.1, 0.15) is 5.75 Å². The Kier molecular flexibility index (Phi) is 9.03. The normalized spacial score (nSPS) is 16.3. The molecule has 0 saturated carbocycles. The van der Waals surface area contributed by atoms with Gasteiger partial charge in [-0.05, 0) is 65.0 Å². The maximum absolute atomic E-state index is 13.6. The van der Waals surface area contributed by atoms with Crippen LogP contribution in [0.25, 0.3) is 10.9 Å². The molecule has 0 unspecified atom stereocenters. The number of rotatable bonds is 10. The van der Waals surface area contributed by atoms with Gasteiger partial charge >= 0.3 is 6.18 Å². The van der Waals surface area contributed by atoms with Gasteiger partial charge < -0.3 is 14.3 Å². The minimum atomic E-state index is -4.57. The highest BCUT2D eigenvalue weighted by Crippen LogP contribution is 2.37. The lowest BCUT2D eigenvalue weighted by Gasteiger charge is -2.35. The van der Waals surface area contributed by atoms with E-state index in [9.17, 15) is 31.2 Å². The smallest absolute Gasteiger partial charge is 0.422 e. The molecule has 2 aromatic heterocycles. The Hall–Kier alpha value is -3.12. The molecule has 1 atom stereocenters. The zero-order valence-corrected chi connectivity index (χ0v) is 24.5. The van der Waals surface area contributed by atoms with Crippen molar-refractivity contribution in [3.63, 3.8) is 0 Å². The van der Waals surface area contributed by atoms with Gasteiger partial charge in [-0.25, -0.2) is 12.7 Å². The van der Waals surface area contributed by atoms with Gasteiger partial charge in [-0.15, -0.1) is 0 Å². The van der Waals surface area contributed by atoms with Crippen molar-refractivity contribution in [3.8, 4) is 5.75 Å². The number of hydrogen-bond donors (Lipinski definition) is 1. The van der Waals surface area contributed by atoms with E-state index in [1.165, 1.54) is 6.07 Å². The lowest BCUT2D eigenvalue weighted by molar-refractivity contribution is -0.153. The average molecular weight is 596 g/mol. The molecule has 1 aliphatic rings. The fraction of sp³-hybridized carbons (Fsp3) is 0.517. The van der Waals surface area contributed by atoms with E-state index in [0.29, 0.717) is 37.2 Å². The Labute approximate surface area is 237 Å². The van der Waals surface area contributed by atoms with Gasteiger partial charge in [-0.3, -0.25) is 9.59 Å². The third-order valence-corrected chi connectivity index (χ3v) is 9.89. The first-order valence-corrected chi connectivity index (χ1v) is 15.4. The molecule has 1 fully saturated rings. The fourth-order valence-electron chi connectivity index (χ4n) is 5.87. The number of hydrogen-bond acceptors (Lipinski definition) is 5. The first kappa shape index (κ1) is 30.8. The van der Waals surface area contributed by atoms with E-state index in [0.717, 1.165) is 16.6 Å². The van der Waals surface area contributed by atoms with Gasteiger partial charge in [-0.2, -0.15) is 13.2 Å². The summed E-state index contributed by atoms with van der Waals surface area (Å²) < 4.78 is 71.6. The number of aryl methyl sites for hydroxylation is 1. The van der Waals surface area contributed by atoms with Crippen LogP contribution in [0.4, 0.5) is 13.2 Å². The molecular formula is C29H36F3N3O5S. The molecule has 0 radical (unpaired) electrons. The number of nitrogens with one attached hydrogen (secondary N) is 1. The Morgan fingerprint density at radius 1 is 1.17 bits per heavy atom. The predicted octanol–water partition coefficient (Wildman–Crippen LogP) is 5.33. The number of fused-ring (bicyclic) bond motifs is 1. The molecule has 12 heteroatoms.